The second kappa shape index (κ2) is 7.44. The number of benzene rings is 2. The Balaban J connectivity index is 1.70. The van der Waals surface area contributed by atoms with Crippen molar-refractivity contribution in [2.45, 2.75) is 23.6 Å². The van der Waals surface area contributed by atoms with Crippen molar-refractivity contribution in [1.82, 2.24) is 4.90 Å². The lowest BCUT2D eigenvalue weighted by molar-refractivity contribution is -0.129. The van der Waals surface area contributed by atoms with Crippen LogP contribution in [0.1, 0.15) is 35.6 Å². The number of fused-ring (bicyclic) bond motifs is 1. The first kappa shape index (κ1) is 21.0. The molecule has 156 valence electrons. The van der Waals surface area contributed by atoms with Crippen LogP contribution in [0.2, 0.25) is 0 Å². The van der Waals surface area contributed by atoms with Gasteiger partial charge in [0.15, 0.2) is 5.17 Å². The molecule has 0 aromatic heterocycles. The van der Waals surface area contributed by atoms with Crippen molar-refractivity contribution in [3.63, 3.8) is 0 Å². The fourth-order valence-electron chi connectivity index (χ4n) is 4.20. The zero-order chi connectivity index (χ0) is 22.4. The van der Waals surface area contributed by atoms with Gasteiger partial charge in [-0.1, -0.05) is 23.6 Å². The molecule has 0 saturated heterocycles. The van der Waals surface area contributed by atoms with Crippen LogP contribution >= 0.6 is 11.8 Å². The molecule has 0 spiro atoms. The Kier molecular flexibility index (Phi) is 5.03. The smallest absolute Gasteiger partial charge is 0.239 e. The average Bonchev–Trinajstić information content (AvgIpc) is 3.49. The van der Waals surface area contributed by atoms with Gasteiger partial charge < -0.3 is 10.6 Å². The number of thioether (sulfide) groups is 1. The van der Waals surface area contributed by atoms with Crippen LogP contribution in [0.4, 0.5) is 4.39 Å². The van der Waals surface area contributed by atoms with E-state index in [1.165, 1.54) is 17.8 Å². The number of hydrogen-bond acceptors (Lipinski definition) is 5. The van der Waals surface area contributed by atoms with E-state index < -0.39 is 16.1 Å². The van der Waals surface area contributed by atoms with Gasteiger partial charge in [0, 0.05) is 36.7 Å². The van der Waals surface area contributed by atoms with E-state index in [-0.39, 0.29) is 11.8 Å². The molecule has 0 unspecified atom stereocenters. The number of nitrogens with zero attached hydrogens (tertiary/aromatic N) is 3. The molecule has 2 aliphatic rings. The Bertz CT molecular complexity index is 1200. The number of amidine groups is 1. The maximum absolute atomic E-state index is 15.0. The highest BCUT2D eigenvalue weighted by Crippen LogP contribution is 2.66. The zero-order valence-electron chi connectivity index (χ0n) is 17.4. The summed E-state index contributed by atoms with van der Waals surface area (Å²) in [5, 5.41) is 9.19. The fraction of sp³-hybridized carbons (Fsp3) is 0.292. The first-order valence-corrected chi connectivity index (χ1v) is 10.6. The second-order valence-electron chi connectivity index (χ2n) is 8.18. The van der Waals surface area contributed by atoms with Gasteiger partial charge in [-0.05, 0) is 55.8 Å². The summed E-state index contributed by atoms with van der Waals surface area (Å²) in [6, 6.07) is 13.7. The van der Waals surface area contributed by atoms with Gasteiger partial charge >= 0.3 is 0 Å². The minimum absolute atomic E-state index is 0.0243. The van der Waals surface area contributed by atoms with Crippen molar-refractivity contribution in [2.24, 2.45) is 16.6 Å². The monoisotopic (exact) mass is 432 g/mol. The van der Waals surface area contributed by atoms with Gasteiger partial charge in [0.25, 0.3) is 0 Å². The van der Waals surface area contributed by atoms with Gasteiger partial charge in [0.1, 0.15) is 10.6 Å². The minimum atomic E-state index is -0.947. The Hall–Kier alpha value is -3.29. The van der Waals surface area contributed by atoms with Crippen molar-refractivity contribution in [3.8, 4) is 17.9 Å². The molecule has 1 aliphatic heterocycles. The quantitative estimate of drug-likeness (QED) is 0.739. The molecule has 1 saturated carbocycles. The SMILES string of the molecule is CN(C)C(=O)[C@]12C[C@H]1[C@@](C)(c1cc(C#Cc3ccc(C#N)cc3)ccc1F)N=C(N)S2. The van der Waals surface area contributed by atoms with E-state index in [2.05, 4.69) is 22.9 Å². The van der Waals surface area contributed by atoms with Gasteiger partial charge in [-0.15, -0.1) is 0 Å². The summed E-state index contributed by atoms with van der Waals surface area (Å²) >= 11 is 1.28. The Morgan fingerprint density at radius 2 is 1.81 bits per heavy atom. The number of nitriles is 1. The first-order valence-electron chi connectivity index (χ1n) is 9.78. The van der Waals surface area contributed by atoms with E-state index in [4.69, 9.17) is 11.0 Å². The lowest BCUT2D eigenvalue weighted by Crippen LogP contribution is -2.43. The largest absolute Gasteiger partial charge is 0.378 e. The van der Waals surface area contributed by atoms with Gasteiger partial charge in [-0.3, -0.25) is 9.79 Å². The van der Waals surface area contributed by atoms with Crippen molar-refractivity contribution < 1.29 is 9.18 Å². The van der Waals surface area contributed by atoms with Crippen molar-refractivity contribution in [3.05, 3.63) is 70.5 Å². The number of halogens is 1. The van der Waals surface area contributed by atoms with E-state index >= 15 is 0 Å². The first-order chi connectivity index (χ1) is 14.7. The second-order valence-corrected chi connectivity index (χ2v) is 9.53. The highest BCUT2D eigenvalue weighted by atomic mass is 32.2. The highest BCUT2D eigenvalue weighted by molar-refractivity contribution is 8.15. The number of carbonyl (C=O) groups excluding carboxylic acids is 1. The van der Waals surface area contributed by atoms with Crippen LogP contribution in [0.25, 0.3) is 0 Å². The number of aliphatic imine (C=N–C) groups is 1. The molecule has 1 aliphatic carbocycles. The molecule has 3 atom stereocenters. The van der Waals surface area contributed by atoms with Crippen molar-refractivity contribution >= 4 is 22.8 Å². The lowest BCUT2D eigenvalue weighted by atomic mass is 9.84. The van der Waals surface area contributed by atoms with Crippen LogP contribution in [0.3, 0.4) is 0 Å². The topological polar surface area (TPSA) is 82.5 Å². The van der Waals surface area contributed by atoms with E-state index in [0.29, 0.717) is 28.3 Å². The van der Waals surface area contributed by atoms with Crippen LogP contribution in [0.15, 0.2) is 47.5 Å². The van der Waals surface area contributed by atoms with Gasteiger partial charge in [-0.25, -0.2) is 4.39 Å². The molecule has 4 rings (SSSR count). The average molecular weight is 433 g/mol. The number of rotatable bonds is 2. The van der Waals surface area contributed by atoms with E-state index in [0.717, 1.165) is 5.56 Å². The molecule has 5 nitrogen and oxygen atoms in total. The Morgan fingerprint density at radius 3 is 2.45 bits per heavy atom. The predicted octanol–water partition coefficient (Wildman–Crippen LogP) is 3.22. The number of amides is 1. The van der Waals surface area contributed by atoms with Gasteiger partial charge in [0.2, 0.25) is 5.91 Å². The number of hydrogen-bond donors (Lipinski definition) is 1. The molecule has 2 aromatic carbocycles. The molecule has 2 N–H and O–H groups in total. The minimum Gasteiger partial charge on any atom is -0.378 e. The molecule has 1 fully saturated rings. The summed E-state index contributed by atoms with van der Waals surface area (Å²) < 4.78 is 14.3. The molecular formula is C24H21FN4OS. The molecule has 1 amide bonds. The van der Waals surface area contributed by atoms with Crippen LogP contribution in [-0.2, 0) is 10.3 Å². The van der Waals surface area contributed by atoms with Crippen molar-refractivity contribution in [1.29, 1.82) is 5.26 Å². The third-order valence-corrected chi connectivity index (χ3v) is 7.15. The molecule has 2 aromatic rings. The summed E-state index contributed by atoms with van der Waals surface area (Å²) in [4.78, 5) is 19.0. The van der Waals surface area contributed by atoms with Crippen LogP contribution in [0.5, 0.6) is 0 Å². The molecular weight excluding hydrogens is 411 g/mol. The summed E-state index contributed by atoms with van der Waals surface area (Å²) in [5.41, 5.74) is 7.50. The maximum atomic E-state index is 15.0. The fourth-order valence-corrected chi connectivity index (χ4v) is 5.70. The van der Waals surface area contributed by atoms with Gasteiger partial charge in [0.05, 0.1) is 17.2 Å². The van der Waals surface area contributed by atoms with E-state index in [9.17, 15) is 9.18 Å². The van der Waals surface area contributed by atoms with Crippen LogP contribution in [0, 0.1) is 34.9 Å². The molecule has 7 heteroatoms. The maximum Gasteiger partial charge on any atom is 0.239 e. The van der Waals surface area contributed by atoms with E-state index in [1.807, 2.05) is 6.92 Å². The standard InChI is InChI=1S/C24H21FN4OS/c1-23(20-13-24(20,21(30)29(2)3)31-22(27)28-23)18-12-16(10-11-19(18)25)7-4-15-5-8-17(14-26)9-6-15/h5-6,8-12,20H,13H2,1-3H3,(H2,27,28)/t20-,23+,24-/m0/s1. The van der Waals surface area contributed by atoms with Gasteiger partial charge in [-0.2, -0.15) is 5.26 Å². The molecule has 0 radical (unpaired) electrons. The lowest BCUT2D eigenvalue weighted by Gasteiger charge is -2.34. The summed E-state index contributed by atoms with van der Waals surface area (Å²) in [7, 11) is 3.43. The predicted molar refractivity (Wildman–Crippen MR) is 120 cm³/mol. The highest BCUT2D eigenvalue weighted by Gasteiger charge is 2.71. The molecule has 31 heavy (non-hydrogen) atoms. The van der Waals surface area contributed by atoms with Crippen LogP contribution < -0.4 is 5.73 Å². The van der Waals surface area contributed by atoms with E-state index in [1.54, 1.807) is 55.4 Å². The third kappa shape index (κ3) is 3.56. The Labute approximate surface area is 185 Å². The summed E-state index contributed by atoms with van der Waals surface area (Å²) in [5.74, 6) is 5.52. The number of nitrogens with two attached hydrogens (primary N) is 1. The zero-order valence-corrected chi connectivity index (χ0v) is 18.3. The summed E-state index contributed by atoms with van der Waals surface area (Å²) in [6.45, 7) is 1.84. The van der Waals surface area contributed by atoms with Crippen molar-refractivity contribution in [2.75, 3.05) is 14.1 Å². The summed E-state index contributed by atoms with van der Waals surface area (Å²) in [6.07, 6.45) is 0.593. The molecule has 1 heterocycles. The number of carbonyl (C=O) groups is 1. The Morgan fingerprint density at radius 1 is 1.19 bits per heavy atom. The normalized spacial score (nSPS) is 25.9. The molecule has 0 bridgehead atoms. The third-order valence-electron chi connectivity index (χ3n) is 5.86. The van der Waals surface area contributed by atoms with Crippen LogP contribution in [-0.4, -0.2) is 34.8 Å².